The Bertz CT molecular complexity index is 1340. The minimum Gasteiger partial charge on any atom is -0.465 e. The molecule has 35 heavy (non-hydrogen) atoms. The average Bonchev–Trinajstić information content (AvgIpc) is 3.25. The van der Waals surface area contributed by atoms with E-state index in [0.29, 0.717) is 23.0 Å². The first-order valence-electron chi connectivity index (χ1n) is 11.6. The van der Waals surface area contributed by atoms with Crippen LogP contribution in [0.3, 0.4) is 0 Å². The van der Waals surface area contributed by atoms with E-state index in [2.05, 4.69) is 32.7 Å². The van der Waals surface area contributed by atoms with Gasteiger partial charge in [-0.3, -0.25) is 0 Å². The molecule has 0 saturated carbocycles. The molecule has 2 aromatic heterocycles. The molecule has 0 unspecified atom stereocenters. The molecule has 5 rings (SSSR count). The quantitative estimate of drug-likeness (QED) is 0.359. The lowest BCUT2D eigenvalue weighted by Crippen LogP contribution is -2.35. The Kier molecular flexibility index (Phi) is 6.24. The van der Waals surface area contributed by atoms with Crippen molar-refractivity contribution in [3.8, 4) is 0 Å². The van der Waals surface area contributed by atoms with Crippen LogP contribution in [0.4, 0.5) is 28.8 Å². The van der Waals surface area contributed by atoms with Crippen molar-refractivity contribution in [3.63, 3.8) is 0 Å². The predicted octanol–water partition coefficient (Wildman–Crippen LogP) is 4.20. The maximum absolute atomic E-state index is 12.2. The molecule has 180 valence electrons. The third kappa shape index (κ3) is 4.76. The van der Waals surface area contributed by atoms with Crippen molar-refractivity contribution in [1.82, 2.24) is 14.5 Å². The fourth-order valence-corrected chi connectivity index (χ4v) is 4.35. The van der Waals surface area contributed by atoms with Crippen LogP contribution in [0.5, 0.6) is 0 Å². The van der Waals surface area contributed by atoms with Gasteiger partial charge in [0, 0.05) is 37.7 Å². The predicted molar refractivity (Wildman–Crippen MR) is 137 cm³/mol. The van der Waals surface area contributed by atoms with Crippen LogP contribution in [-0.2, 0) is 11.8 Å². The second kappa shape index (κ2) is 9.63. The standard InChI is InChI=1S/C26H28N6O3/c1-31-14-13-22-23(31)24(28-21-6-4-3-5-20(21)25(34)35-2)30-26(29-22)27-17-7-9-18(10-8-17)32-15-11-19(33)12-16-32/h3-10,13-14,19,33H,11-12,15-16H2,1-2H3,(H2,27,28,29,30). The Morgan fingerprint density at radius 1 is 1.03 bits per heavy atom. The van der Waals surface area contributed by atoms with E-state index in [1.165, 1.54) is 7.11 Å². The normalized spacial score (nSPS) is 14.2. The number of piperidine rings is 1. The van der Waals surface area contributed by atoms with Crippen molar-refractivity contribution in [2.75, 3.05) is 35.7 Å². The summed E-state index contributed by atoms with van der Waals surface area (Å²) in [5, 5.41) is 16.3. The van der Waals surface area contributed by atoms with Crippen molar-refractivity contribution in [2.45, 2.75) is 18.9 Å². The number of aliphatic hydroxyl groups excluding tert-OH is 1. The summed E-state index contributed by atoms with van der Waals surface area (Å²) in [6.07, 6.45) is 3.31. The number of hydrogen-bond donors (Lipinski definition) is 3. The van der Waals surface area contributed by atoms with Crippen LogP contribution >= 0.6 is 0 Å². The van der Waals surface area contributed by atoms with Crippen molar-refractivity contribution in [1.29, 1.82) is 0 Å². The van der Waals surface area contributed by atoms with E-state index >= 15 is 0 Å². The van der Waals surface area contributed by atoms with Gasteiger partial charge in [0.15, 0.2) is 5.82 Å². The summed E-state index contributed by atoms with van der Waals surface area (Å²) in [6, 6.07) is 17.2. The number of rotatable bonds is 6. The van der Waals surface area contributed by atoms with E-state index in [-0.39, 0.29) is 6.10 Å². The number of aliphatic hydroxyl groups is 1. The van der Waals surface area contributed by atoms with Crippen LogP contribution in [0.1, 0.15) is 23.2 Å². The van der Waals surface area contributed by atoms with Crippen molar-refractivity contribution >= 4 is 45.8 Å². The average molecular weight is 473 g/mol. The first-order chi connectivity index (χ1) is 17.0. The lowest BCUT2D eigenvalue weighted by Gasteiger charge is -2.31. The monoisotopic (exact) mass is 472 g/mol. The lowest BCUT2D eigenvalue weighted by atomic mass is 10.1. The van der Waals surface area contributed by atoms with E-state index in [4.69, 9.17) is 9.72 Å². The van der Waals surface area contributed by atoms with E-state index < -0.39 is 5.97 Å². The van der Waals surface area contributed by atoms with E-state index in [1.54, 1.807) is 12.1 Å². The molecule has 0 spiro atoms. The zero-order valence-electron chi connectivity index (χ0n) is 19.7. The number of carbonyl (C=O) groups is 1. The minimum atomic E-state index is -0.424. The Morgan fingerprint density at radius 2 is 1.77 bits per heavy atom. The van der Waals surface area contributed by atoms with Gasteiger partial charge in [0.05, 0.1) is 30.0 Å². The Balaban J connectivity index is 1.42. The summed E-state index contributed by atoms with van der Waals surface area (Å²) in [5.74, 6) is 0.590. The Hall–Kier alpha value is -4.11. The summed E-state index contributed by atoms with van der Waals surface area (Å²) in [5.41, 5.74) is 4.60. The molecular formula is C26H28N6O3. The highest BCUT2D eigenvalue weighted by atomic mass is 16.5. The molecule has 1 saturated heterocycles. The second-order valence-electron chi connectivity index (χ2n) is 8.61. The Morgan fingerprint density at radius 3 is 2.51 bits per heavy atom. The first kappa shape index (κ1) is 22.7. The third-order valence-corrected chi connectivity index (χ3v) is 6.26. The van der Waals surface area contributed by atoms with E-state index in [1.807, 2.05) is 48.1 Å². The molecule has 3 heterocycles. The number of methoxy groups -OCH3 is 1. The summed E-state index contributed by atoms with van der Waals surface area (Å²) < 4.78 is 6.86. The maximum Gasteiger partial charge on any atom is 0.339 e. The van der Waals surface area contributed by atoms with Gasteiger partial charge in [-0.05, 0) is 55.3 Å². The summed E-state index contributed by atoms with van der Waals surface area (Å²) in [7, 11) is 3.29. The van der Waals surface area contributed by atoms with Gasteiger partial charge in [0.1, 0.15) is 5.52 Å². The maximum atomic E-state index is 12.2. The molecular weight excluding hydrogens is 444 g/mol. The molecule has 0 atom stereocenters. The van der Waals surface area contributed by atoms with Crippen LogP contribution in [0.25, 0.3) is 11.0 Å². The van der Waals surface area contributed by atoms with Gasteiger partial charge in [-0.15, -0.1) is 0 Å². The lowest BCUT2D eigenvalue weighted by molar-refractivity contribution is 0.0602. The second-order valence-corrected chi connectivity index (χ2v) is 8.61. The first-order valence-corrected chi connectivity index (χ1v) is 11.6. The number of carbonyl (C=O) groups excluding carboxylic acids is 1. The summed E-state index contributed by atoms with van der Waals surface area (Å²) in [6.45, 7) is 1.70. The molecule has 0 radical (unpaired) electrons. The fraction of sp³-hybridized carbons (Fsp3) is 0.269. The van der Waals surface area contributed by atoms with Gasteiger partial charge in [-0.2, -0.15) is 4.98 Å². The van der Waals surface area contributed by atoms with Crippen molar-refractivity contribution < 1.29 is 14.6 Å². The molecule has 1 fully saturated rings. The smallest absolute Gasteiger partial charge is 0.339 e. The number of para-hydroxylation sites is 1. The number of aryl methyl sites for hydroxylation is 1. The highest BCUT2D eigenvalue weighted by molar-refractivity contribution is 5.98. The van der Waals surface area contributed by atoms with Gasteiger partial charge < -0.3 is 29.9 Å². The molecule has 1 aliphatic rings. The van der Waals surface area contributed by atoms with E-state index in [0.717, 1.165) is 48.3 Å². The van der Waals surface area contributed by atoms with Gasteiger partial charge >= 0.3 is 5.97 Å². The number of ether oxygens (including phenoxy) is 1. The van der Waals surface area contributed by atoms with Gasteiger partial charge in [-0.25, -0.2) is 9.78 Å². The van der Waals surface area contributed by atoms with Gasteiger partial charge in [-0.1, -0.05) is 12.1 Å². The largest absolute Gasteiger partial charge is 0.465 e. The van der Waals surface area contributed by atoms with E-state index in [9.17, 15) is 9.90 Å². The van der Waals surface area contributed by atoms with Gasteiger partial charge in [0.25, 0.3) is 0 Å². The zero-order chi connectivity index (χ0) is 24.4. The number of nitrogens with zero attached hydrogens (tertiary/aromatic N) is 4. The van der Waals surface area contributed by atoms with Crippen LogP contribution < -0.4 is 15.5 Å². The van der Waals surface area contributed by atoms with Gasteiger partial charge in [0.2, 0.25) is 5.95 Å². The number of aromatic nitrogens is 3. The topological polar surface area (TPSA) is 105 Å². The molecule has 1 aliphatic heterocycles. The number of anilines is 5. The number of esters is 1. The summed E-state index contributed by atoms with van der Waals surface area (Å²) in [4.78, 5) is 23.9. The zero-order valence-corrected chi connectivity index (χ0v) is 19.7. The Labute approximate surface area is 203 Å². The molecule has 0 amide bonds. The SMILES string of the molecule is COC(=O)c1ccccc1Nc1nc(Nc2ccc(N3CCC(O)CC3)cc2)nc2ccn(C)c12. The molecule has 3 N–H and O–H groups in total. The van der Waals surface area contributed by atoms with Crippen LogP contribution in [0.15, 0.2) is 60.8 Å². The molecule has 0 bridgehead atoms. The third-order valence-electron chi connectivity index (χ3n) is 6.26. The number of hydrogen-bond acceptors (Lipinski definition) is 8. The highest BCUT2D eigenvalue weighted by Crippen LogP contribution is 2.29. The fourth-order valence-electron chi connectivity index (χ4n) is 4.35. The van der Waals surface area contributed by atoms with Crippen LogP contribution in [0.2, 0.25) is 0 Å². The van der Waals surface area contributed by atoms with Crippen LogP contribution in [-0.4, -0.2) is 51.9 Å². The number of nitrogens with one attached hydrogen (secondary N) is 2. The molecule has 4 aromatic rings. The van der Waals surface area contributed by atoms with Crippen molar-refractivity contribution in [2.24, 2.45) is 7.05 Å². The molecule has 9 nitrogen and oxygen atoms in total. The molecule has 2 aromatic carbocycles. The number of benzene rings is 2. The van der Waals surface area contributed by atoms with Crippen molar-refractivity contribution in [3.05, 3.63) is 66.4 Å². The summed E-state index contributed by atoms with van der Waals surface area (Å²) >= 11 is 0. The highest BCUT2D eigenvalue weighted by Gasteiger charge is 2.18. The van der Waals surface area contributed by atoms with Crippen LogP contribution in [0, 0.1) is 0 Å². The molecule has 0 aliphatic carbocycles. The minimum absolute atomic E-state index is 0.195. The molecule has 9 heteroatoms. The number of fused-ring (bicyclic) bond motifs is 1.